The maximum Gasteiger partial charge on any atom is 0.158 e. The van der Waals surface area contributed by atoms with Gasteiger partial charge in [0.15, 0.2) is 7.28 Å². The molecule has 0 saturated heterocycles. The highest BCUT2D eigenvalue weighted by Gasteiger charge is 2.02. The van der Waals surface area contributed by atoms with Crippen molar-refractivity contribution in [2.75, 3.05) is 0 Å². The van der Waals surface area contributed by atoms with Crippen LogP contribution in [0.3, 0.4) is 0 Å². The Labute approximate surface area is 170 Å². The predicted molar refractivity (Wildman–Crippen MR) is 122 cm³/mol. The summed E-state index contributed by atoms with van der Waals surface area (Å²) in [5.74, 6) is -0.0948. The molecule has 0 heterocycles. The third-order valence-corrected chi connectivity index (χ3v) is 5.86. The number of hydrogen-bond donors (Lipinski definition) is 0. The first-order valence-corrected chi connectivity index (χ1v) is 12.0. The molecule has 0 spiro atoms. The zero-order valence-corrected chi connectivity index (χ0v) is 18.3. The zero-order chi connectivity index (χ0) is 19.6. The average molecular weight is 374 g/mol. The van der Waals surface area contributed by atoms with Crippen LogP contribution in [0, 0.1) is 12.7 Å². The van der Waals surface area contributed by atoms with E-state index < -0.39 is 0 Å². The van der Waals surface area contributed by atoms with E-state index in [4.69, 9.17) is 0 Å². The summed E-state index contributed by atoms with van der Waals surface area (Å²) in [6.07, 6.45) is 23.8. The van der Waals surface area contributed by atoms with Gasteiger partial charge >= 0.3 is 0 Å². The Bertz CT molecular complexity index is 458. The lowest BCUT2D eigenvalue weighted by Gasteiger charge is -2.05. The van der Waals surface area contributed by atoms with Crippen molar-refractivity contribution in [1.82, 2.24) is 0 Å². The number of rotatable bonds is 18. The molecule has 0 saturated carbocycles. The summed E-state index contributed by atoms with van der Waals surface area (Å²) in [6, 6.07) is 5.17. The van der Waals surface area contributed by atoms with Crippen molar-refractivity contribution in [3.63, 3.8) is 0 Å². The van der Waals surface area contributed by atoms with Crippen LogP contribution >= 0.6 is 0 Å². The smallest absolute Gasteiger partial charge is 0.158 e. The van der Waals surface area contributed by atoms with Crippen LogP contribution in [-0.2, 0) is 0 Å². The van der Waals surface area contributed by atoms with E-state index in [0.717, 1.165) is 7.28 Å². The molecular weight excluding hydrogens is 330 g/mol. The van der Waals surface area contributed by atoms with Gasteiger partial charge in [-0.25, -0.2) is 4.39 Å². The lowest BCUT2D eigenvalue weighted by molar-refractivity contribution is 0.531. The largest absolute Gasteiger partial charge is 0.207 e. The Balaban J connectivity index is 1.78. The second-order valence-corrected chi connectivity index (χ2v) is 8.48. The maximum atomic E-state index is 13.3. The normalized spacial score (nSPS) is 11.1. The average Bonchev–Trinajstić information content (AvgIpc) is 2.67. The van der Waals surface area contributed by atoms with E-state index in [9.17, 15) is 4.39 Å². The van der Waals surface area contributed by atoms with Crippen molar-refractivity contribution in [1.29, 1.82) is 0 Å². The van der Waals surface area contributed by atoms with Gasteiger partial charge in [0.1, 0.15) is 5.82 Å². The summed E-state index contributed by atoms with van der Waals surface area (Å²) < 4.78 is 13.3. The topological polar surface area (TPSA) is 0 Å². The predicted octanol–water partition coefficient (Wildman–Crippen LogP) is 7.88. The third kappa shape index (κ3) is 13.9. The summed E-state index contributed by atoms with van der Waals surface area (Å²) in [4.78, 5) is 0. The highest BCUT2D eigenvalue weighted by atomic mass is 19.1. The monoisotopic (exact) mass is 374 g/mol. The van der Waals surface area contributed by atoms with E-state index >= 15 is 0 Å². The van der Waals surface area contributed by atoms with Crippen molar-refractivity contribution in [2.45, 2.75) is 123 Å². The molecule has 0 N–H and O–H groups in total. The highest BCUT2D eigenvalue weighted by molar-refractivity contribution is 6.53. The molecule has 0 amide bonds. The first-order chi connectivity index (χ1) is 13.2. The molecule has 0 aromatic heterocycles. The number of unbranched alkanes of at least 4 members (excludes halogenated alkanes) is 15. The molecule has 27 heavy (non-hydrogen) atoms. The Morgan fingerprint density at radius 1 is 0.667 bits per heavy atom. The lowest BCUT2D eigenvalue weighted by atomic mass is 9.64. The Morgan fingerprint density at radius 3 is 1.59 bits per heavy atom. The molecule has 0 bridgehead atoms. The summed E-state index contributed by atoms with van der Waals surface area (Å²) >= 11 is 0. The summed E-state index contributed by atoms with van der Waals surface area (Å²) in [6.45, 7) is 4.37. The Kier molecular flexibility index (Phi) is 15.6. The van der Waals surface area contributed by atoms with E-state index in [2.05, 4.69) is 13.8 Å². The number of benzene rings is 1. The van der Waals surface area contributed by atoms with Gasteiger partial charge in [-0.05, 0) is 19.1 Å². The van der Waals surface area contributed by atoms with Crippen LogP contribution in [-0.4, -0.2) is 7.28 Å². The fourth-order valence-electron chi connectivity index (χ4n) is 3.95. The molecule has 1 aromatic rings. The van der Waals surface area contributed by atoms with Gasteiger partial charge in [-0.1, -0.05) is 133 Å². The molecule has 1 rings (SSSR count). The molecule has 0 atom stereocenters. The van der Waals surface area contributed by atoms with Crippen molar-refractivity contribution in [2.24, 2.45) is 0 Å². The fraction of sp³-hybridized carbons (Fsp3) is 0.760. The van der Waals surface area contributed by atoms with Crippen LogP contribution in [0.5, 0.6) is 0 Å². The highest BCUT2D eigenvalue weighted by Crippen LogP contribution is 2.14. The summed E-state index contributed by atoms with van der Waals surface area (Å²) in [5.41, 5.74) is 2.42. The number of aryl methyl sites for hydroxylation is 1. The zero-order valence-electron chi connectivity index (χ0n) is 18.3. The lowest BCUT2D eigenvalue weighted by Crippen LogP contribution is -2.17. The van der Waals surface area contributed by atoms with E-state index in [1.165, 1.54) is 120 Å². The van der Waals surface area contributed by atoms with Crippen LogP contribution in [0.25, 0.3) is 0 Å². The number of hydrogen-bond acceptors (Lipinski definition) is 0. The molecule has 1 aromatic carbocycles. The van der Waals surface area contributed by atoms with E-state index in [1.54, 1.807) is 12.1 Å². The van der Waals surface area contributed by atoms with Gasteiger partial charge < -0.3 is 0 Å². The van der Waals surface area contributed by atoms with Crippen molar-refractivity contribution >= 4 is 12.7 Å². The molecule has 0 fully saturated rings. The molecular formula is C25H44BF. The van der Waals surface area contributed by atoms with Gasteiger partial charge in [-0.2, -0.15) is 0 Å². The molecule has 2 heteroatoms. The van der Waals surface area contributed by atoms with Gasteiger partial charge in [-0.15, -0.1) is 0 Å². The Hall–Kier alpha value is -0.785. The van der Waals surface area contributed by atoms with Gasteiger partial charge in [0.2, 0.25) is 0 Å². The number of halogens is 1. The second-order valence-electron chi connectivity index (χ2n) is 8.48. The van der Waals surface area contributed by atoms with E-state index in [0.29, 0.717) is 0 Å². The maximum absolute atomic E-state index is 13.3. The van der Waals surface area contributed by atoms with Crippen molar-refractivity contribution < 1.29 is 4.39 Å². The van der Waals surface area contributed by atoms with Gasteiger partial charge in [-0.3, -0.25) is 0 Å². The van der Waals surface area contributed by atoms with Crippen molar-refractivity contribution in [3.8, 4) is 0 Å². The molecule has 0 nitrogen and oxygen atoms in total. The fourth-order valence-corrected chi connectivity index (χ4v) is 3.95. The molecule has 0 radical (unpaired) electrons. The first kappa shape index (κ1) is 24.3. The van der Waals surface area contributed by atoms with Crippen LogP contribution in [0.15, 0.2) is 18.2 Å². The molecule has 0 aliphatic carbocycles. The minimum Gasteiger partial charge on any atom is -0.207 e. The van der Waals surface area contributed by atoms with E-state index in [1.807, 2.05) is 6.07 Å². The molecule has 0 unspecified atom stereocenters. The van der Waals surface area contributed by atoms with Crippen molar-refractivity contribution in [3.05, 3.63) is 29.6 Å². The van der Waals surface area contributed by atoms with Crippen LogP contribution in [0.4, 0.5) is 4.39 Å². The van der Waals surface area contributed by atoms with Crippen LogP contribution < -0.4 is 5.46 Å². The third-order valence-electron chi connectivity index (χ3n) is 5.86. The van der Waals surface area contributed by atoms with Crippen LogP contribution in [0.1, 0.15) is 115 Å². The summed E-state index contributed by atoms with van der Waals surface area (Å²) in [5, 5.41) is 0. The Morgan fingerprint density at radius 2 is 1.11 bits per heavy atom. The SMILES string of the molecule is CCCCCCCCCCCCCCCCCCBc1cc(F)ccc1C. The quantitative estimate of drug-likeness (QED) is 0.181. The van der Waals surface area contributed by atoms with Crippen LogP contribution in [0.2, 0.25) is 6.32 Å². The standard InChI is InChI=1S/C25H44BF/c1-3-4-5-6-7-8-9-10-11-12-13-14-15-16-17-18-21-26-25-22-24(27)20-19-23(25)2/h19-20,22,26H,3-18,21H2,1-2H3. The second kappa shape index (κ2) is 17.3. The molecule has 0 aliphatic rings. The molecule has 154 valence electrons. The minimum absolute atomic E-state index is 0.0948. The van der Waals surface area contributed by atoms with Gasteiger partial charge in [0.05, 0.1) is 0 Å². The summed E-state index contributed by atoms with van der Waals surface area (Å²) in [7, 11) is 1.03. The first-order valence-electron chi connectivity index (χ1n) is 12.0. The molecule has 0 aliphatic heterocycles. The van der Waals surface area contributed by atoms with E-state index in [-0.39, 0.29) is 5.82 Å². The van der Waals surface area contributed by atoms with Gasteiger partial charge in [0.25, 0.3) is 0 Å². The minimum atomic E-state index is -0.0948. The van der Waals surface area contributed by atoms with Gasteiger partial charge in [0, 0.05) is 0 Å².